The van der Waals surface area contributed by atoms with Crippen LogP contribution in [0.3, 0.4) is 0 Å². The van der Waals surface area contributed by atoms with Gasteiger partial charge in [0.05, 0.1) is 0 Å². The van der Waals surface area contributed by atoms with E-state index in [0.717, 1.165) is 30.3 Å². The third-order valence-corrected chi connectivity index (χ3v) is 5.25. The smallest absolute Gasteiger partial charge is 0.0431 e. The molecule has 3 rings (SSSR count). The Balaban J connectivity index is 1.53. The van der Waals surface area contributed by atoms with E-state index in [2.05, 4.69) is 17.1 Å². The van der Waals surface area contributed by atoms with Crippen LogP contribution >= 0.6 is 0 Å². The summed E-state index contributed by atoms with van der Waals surface area (Å²) in [5.41, 5.74) is 0. The standard InChI is InChI=1S/C16H30N2O/c1-12-7-16(8-12)18-10-13(3-2-6-19)9-15(11-18)17-14-4-5-14/h12-17,19H,2-11H2,1H3. The first kappa shape index (κ1) is 13.8. The van der Waals surface area contributed by atoms with Gasteiger partial charge in [0.2, 0.25) is 0 Å². The second kappa shape index (κ2) is 6.11. The molecule has 3 nitrogen and oxygen atoms in total. The minimum Gasteiger partial charge on any atom is -0.396 e. The second-order valence-electron chi connectivity index (χ2n) is 7.29. The number of nitrogens with one attached hydrogen (secondary N) is 1. The zero-order chi connectivity index (χ0) is 13.2. The Hall–Kier alpha value is -0.120. The summed E-state index contributed by atoms with van der Waals surface area (Å²) in [7, 11) is 0. The Morgan fingerprint density at radius 1 is 1.11 bits per heavy atom. The van der Waals surface area contributed by atoms with Gasteiger partial charge in [-0.15, -0.1) is 0 Å². The summed E-state index contributed by atoms with van der Waals surface area (Å²) in [6.45, 7) is 5.28. The van der Waals surface area contributed by atoms with E-state index < -0.39 is 0 Å². The highest BCUT2D eigenvalue weighted by molar-refractivity contribution is 4.94. The van der Waals surface area contributed by atoms with Gasteiger partial charge in [0.25, 0.3) is 0 Å². The molecule has 2 saturated carbocycles. The summed E-state index contributed by atoms with van der Waals surface area (Å²) in [5, 5.41) is 12.9. The molecule has 2 N–H and O–H groups in total. The van der Waals surface area contributed by atoms with Crippen molar-refractivity contribution >= 4 is 0 Å². The van der Waals surface area contributed by atoms with Crippen molar-refractivity contribution in [3.05, 3.63) is 0 Å². The maximum Gasteiger partial charge on any atom is 0.0431 e. The van der Waals surface area contributed by atoms with E-state index in [1.807, 2.05) is 0 Å². The largest absolute Gasteiger partial charge is 0.396 e. The van der Waals surface area contributed by atoms with E-state index in [4.69, 9.17) is 5.11 Å². The summed E-state index contributed by atoms with van der Waals surface area (Å²) in [6, 6.07) is 2.39. The van der Waals surface area contributed by atoms with E-state index in [0.29, 0.717) is 12.6 Å². The molecule has 1 heterocycles. The molecule has 0 aromatic heterocycles. The molecule has 0 bridgehead atoms. The third kappa shape index (κ3) is 3.71. The summed E-state index contributed by atoms with van der Waals surface area (Å²) in [4.78, 5) is 2.76. The lowest BCUT2D eigenvalue weighted by molar-refractivity contribution is 0.0303. The van der Waals surface area contributed by atoms with Crippen molar-refractivity contribution in [2.75, 3.05) is 19.7 Å². The first-order chi connectivity index (χ1) is 9.24. The van der Waals surface area contributed by atoms with Crippen LogP contribution in [0.4, 0.5) is 0 Å². The summed E-state index contributed by atoms with van der Waals surface area (Å²) in [5.74, 6) is 1.74. The Bertz CT molecular complexity index is 286. The van der Waals surface area contributed by atoms with Crippen LogP contribution in [0.1, 0.15) is 51.9 Å². The number of rotatable bonds is 6. The zero-order valence-electron chi connectivity index (χ0n) is 12.4. The van der Waals surface area contributed by atoms with Crippen LogP contribution in [0, 0.1) is 11.8 Å². The lowest BCUT2D eigenvalue weighted by atomic mass is 9.78. The van der Waals surface area contributed by atoms with Crippen LogP contribution in [0.25, 0.3) is 0 Å². The second-order valence-corrected chi connectivity index (χ2v) is 7.29. The fraction of sp³-hybridized carbons (Fsp3) is 1.00. The van der Waals surface area contributed by atoms with Crippen molar-refractivity contribution in [3.8, 4) is 0 Å². The van der Waals surface area contributed by atoms with Gasteiger partial charge in [-0.1, -0.05) is 6.92 Å². The summed E-state index contributed by atoms with van der Waals surface area (Å²) in [6.07, 6.45) is 9.10. The Morgan fingerprint density at radius 2 is 1.89 bits per heavy atom. The normalized spacial score (nSPS) is 40.1. The van der Waals surface area contributed by atoms with Gasteiger partial charge in [-0.25, -0.2) is 0 Å². The van der Waals surface area contributed by atoms with Crippen molar-refractivity contribution < 1.29 is 5.11 Å². The first-order valence-electron chi connectivity index (χ1n) is 8.35. The number of hydrogen-bond donors (Lipinski definition) is 2. The van der Waals surface area contributed by atoms with Gasteiger partial charge in [-0.05, 0) is 56.8 Å². The average molecular weight is 266 g/mol. The Labute approximate surface area is 117 Å². The quantitative estimate of drug-likeness (QED) is 0.772. The van der Waals surface area contributed by atoms with Gasteiger partial charge in [0.1, 0.15) is 0 Å². The minimum atomic E-state index is 0.359. The van der Waals surface area contributed by atoms with Gasteiger partial charge in [0.15, 0.2) is 0 Å². The molecule has 1 saturated heterocycles. The van der Waals surface area contributed by atoms with Crippen LogP contribution < -0.4 is 5.32 Å². The minimum absolute atomic E-state index is 0.359. The topological polar surface area (TPSA) is 35.5 Å². The molecule has 19 heavy (non-hydrogen) atoms. The highest BCUT2D eigenvalue weighted by atomic mass is 16.2. The van der Waals surface area contributed by atoms with Gasteiger partial charge in [-0.2, -0.15) is 0 Å². The molecule has 3 fully saturated rings. The van der Waals surface area contributed by atoms with E-state index in [-0.39, 0.29) is 0 Å². The molecular weight excluding hydrogens is 236 g/mol. The SMILES string of the molecule is CC1CC(N2CC(CCCO)CC(NC3CC3)C2)C1. The molecule has 2 aliphatic carbocycles. The number of aliphatic hydroxyl groups excluding tert-OH is 1. The van der Waals surface area contributed by atoms with E-state index in [1.54, 1.807) is 0 Å². The van der Waals surface area contributed by atoms with E-state index in [1.165, 1.54) is 51.6 Å². The maximum absolute atomic E-state index is 9.06. The monoisotopic (exact) mass is 266 g/mol. The van der Waals surface area contributed by atoms with Crippen LogP contribution in [-0.2, 0) is 0 Å². The lowest BCUT2D eigenvalue weighted by Crippen LogP contribution is -2.55. The number of piperidine rings is 1. The molecule has 2 unspecified atom stereocenters. The molecule has 2 atom stereocenters. The van der Waals surface area contributed by atoms with E-state index in [9.17, 15) is 0 Å². The fourth-order valence-corrected chi connectivity index (χ4v) is 3.99. The third-order valence-electron chi connectivity index (χ3n) is 5.25. The summed E-state index contributed by atoms with van der Waals surface area (Å²) >= 11 is 0. The highest BCUT2D eigenvalue weighted by Crippen LogP contribution is 2.35. The predicted molar refractivity (Wildman–Crippen MR) is 78.1 cm³/mol. The Morgan fingerprint density at radius 3 is 2.53 bits per heavy atom. The van der Waals surface area contributed by atoms with Crippen LogP contribution in [0.2, 0.25) is 0 Å². The zero-order valence-corrected chi connectivity index (χ0v) is 12.4. The maximum atomic E-state index is 9.06. The predicted octanol–water partition coefficient (Wildman–Crippen LogP) is 2.00. The van der Waals surface area contributed by atoms with Crippen LogP contribution in [0.15, 0.2) is 0 Å². The molecular formula is C16H30N2O. The van der Waals surface area contributed by atoms with Crippen molar-refractivity contribution in [2.24, 2.45) is 11.8 Å². The molecule has 0 amide bonds. The molecule has 3 aliphatic rings. The summed E-state index contributed by atoms with van der Waals surface area (Å²) < 4.78 is 0. The van der Waals surface area contributed by atoms with Gasteiger partial charge >= 0.3 is 0 Å². The lowest BCUT2D eigenvalue weighted by Gasteiger charge is -2.48. The average Bonchev–Trinajstić information content (AvgIpc) is 3.16. The van der Waals surface area contributed by atoms with Crippen LogP contribution in [-0.4, -0.2) is 47.8 Å². The number of aliphatic hydroxyl groups is 1. The number of nitrogens with zero attached hydrogens (tertiary/aromatic N) is 1. The molecule has 110 valence electrons. The first-order valence-corrected chi connectivity index (χ1v) is 8.35. The number of hydrogen-bond acceptors (Lipinski definition) is 3. The van der Waals surface area contributed by atoms with Crippen molar-refractivity contribution in [2.45, 2.75) is 70.0 Å². The molecule has 0 aromatic rings. The number of likely N-dealkylation sites (tertiary alicyclic amines) is 1. The van der Waals surface area contributed by atoms with Crippen molar-refractivity contribution in [1.82, 2.24) is 10.2 Å². The van der Waals surface area contributed by atoms with E-state index >= 15 is 0 Å². The van der Waals surface area contributed by atoms with Crippen molar-refractivity contribution in [1.29, 1.82) is 0 Å². The fourth-order valence-electron chi connectivity index (χ4n) is 3.99. The van der Waals surface area contributed by atoms with Crippen LogP contribution in [0.5, 0.6) is 0 Å². The van der Waals surface area contributed by atoms with Gasteiger partial charge in [0, 0.05) is 37.8 Å². The molecule has 3 heteroatoms. The Kier molecular flexibility index (Phi) is 4.45. The van der Waals surface area contributed by atoms with Gasteiger partial charge in [-0.3, -0.25) is 4.90 Å². The molecule has 1 aliphatic heterocycles. The molecule has 0 radical (unpaired) electrons. The molecule has 0 spiro atoms. The molecule has 0 aromatic carbocycles. The van der Waals surface area contributed by atoms with Crippen molar-refractivity contribution in [3.63, 3.8) is 0 Å². The highest BCUT2D eigenvalue weighted by Gasteiger charge is 2.37. The van der Waals surface area contributed by atoms with Gasteiger partial charge < -0.3 is 10.4 Å².